The monoisotopic (exact) mass is 356 g/mol. The second kappa shape index (κ2) is 8.61. The quantitative estimate of drug-likeness (QED) is 0.494. The summed E-state index contributed by atoms with van der Waals surface area (Å²) in [5.74, 6) is -0.898. The first-order valence-corrected chi connectivity index (χ1v) is 8.11. The molecule has 0 aliphatic carbocycles. The van der Waals surface area contributed by atoms with E-state index in [1.807, 2.05) is 6.92 Å². The van der Waals surface area contributed by atoms with Gasteiger partial charge in [-0.2, -0.15) is 0 Å². The minimum absolute atomic E-state index is 0.0787. The summed E-state index contributed by atoms with van der Waals surface area (Å²) in [6.45, 7) is 2.72. The summed E-state index contributed by atoms with van der Waals surface area (Å²) in [5.41, 5.74) is 6.61. The van der Waals surface area contributed by atoms with E-state index < -0.39 is 10.8 Å². The van der Waals surface area contributed by atoms with Gasteiger partial charge in [-0.3, -0.25) is 19.7 Å². The fourth-order valence-electron chi connectivity index (χ4n) is 2.34. The minimum atomic E-state index is -0.724. The van der Waals surface area contributed by atoms with Crippen LogP contribution in [-0.2, 0) is 6.54 Å². The second-order valence-electron chi connectivity index (χ2n) is 5.66. The van der Waals surface area contributed by atoms with Crippen LogP contribution >= 0.6 is 0 Å². The number of benzene rings is 2. The molecule has 8 nitrogen and oxygen atoms in total. The van der Waals surface area contributed by atoms with Crippen LogP contribution in [0.1, 0.15) is 39.6 Å². The summed E-state index contributed by atoms with van der Waals surface area (Å²) in [4.78, 5) is 33.9. The number of nitrogens with one attached hydrogen (secondary N) is 2. The molecule has 0 spiro atoms. The molecule has 0 bridgehead atoms. The maximum Gasteiger partial charge on any atom is 0.275 e. The molecule has 8 heteroatoms. The molecule has 2 rings (SSSR count). The normalized spacial score (nSPS) is 10.2. The molecule has 2 aromatic rings. The van der Waals surface area contributed by atoms with Crippen molar-refractivity contribution in [2.45, 2.75) is 19.9 Å². The van der Waals surface area contributed by atoms with Crippen molar-refractivity contribution in [3.63, 3.8) is 0 Å². The van der Waals surface area contributed by atoms with Crippen molar-refractivity contribution >= 4 is 23.2 Å². The lowest BCUT2D eigenvalue weighted by molar-refractivity contribution is -0.385. The number of nitrogens with zero attached hydrogens (tertiary/aromatic N) is 1. The molecular formula is C18H20N4O4. The van der Waals surface area contributed by atoms with Gasteiger partial charge >= 0.3 is 0 Å². The molecule has 0 radical (unpaired) electrons. The Morgan fingerprint density at radius 3 is 2.58 bits per heavy atom. The van der Waals surface area contributed by atoms with E-state index in [0.29, 0.717) is 23.4 Å². The third-order valence-corrected chi connectivity index (χ3v) is 3.71. The van der Waals surface area contributed by atoms with Gasteiger partial charge in [0.05, 0.1) is 4.92 Å². The molecule has 0 saturated carbocycles. The highest BCUT2D eigenvalue weighted by atomic mass is 16.6. The Labute approximate surface area is 150 Å². The molecule has 0 atom stereocenters. The Morgan fingerprint density at radius 2 is 1.92 bits per heavy atom. The third-order valence-electron chi connectivity index (χ3n) is 3.71. The number of anilines is 1. The first-order valence-electron chi connectivity index (χ1n) is 8.11. The van der Waals surface area contributed by atoms with Gasteiger partial charge in [-0.1, -0.05) is 13.0 Å². The number of carbonyl (C=O) groups excluding carboxylic acids is 2. The molecule has 136 valence electrons. The highest BCUT2D eigenvalue weighted by Crippen LogP contribution is 2.22. The van der Waals surface area contributed by atoms with E-state index in [0.717, 1.165) is 12.5 Å². The number of hydrogen-bond acceptors (Lipinski definition) is 5. The van der Waals surface area contributed by atoms with Crippen molar-refractivity contribution in [2.75, 3.05) is 11.9 Å². The number of amides is 2. The van der Waals surface area contributed by atoms with Crippen LogP contribution in [0.25, 0.3) is 0 Å². The van der Waals surface area contributed by atoms with Crippen LogP contribution in [0.3, 0.4) is 0 Å². The Morgan fingerprint density at radius 1 is 1.15 bits per heavy atom. The van der Waals surface area contributed by atoms with Crippen LogP contribution in [-0.4, -0.2) is 23.3 Å². The van der Waals surface area contributed by atoms with Crippen molar-refractivity contribution in [1.29, 1.82) is 0 Å². The van der Waals surface area contributed by atoms with Crippen LogP contribution in [0.5, 0.6) is 0 Å². The summed E-state index contributed by atoms with van der Waals surface area (Å²) >= 11 is 0. The topological polar surface area (TPSA) is 127 Å². The van der Waals surface area contributed by atoms with Crippen LogP contribution in [0, 0.1) is 10.1 Å². The van der Waals surface area contributed by atoms with Crippen molar-refractivity contribution in [1.82, 2.24) is 5.32 Å². The number of carbonyl (C=O) groups is 2. The van der Waals surface area contributed by atoms with E-state index in [9.17, 15) is 19.7 Å². The molecule has 0 aliphatic heterocycles. The maximum atomic E-state index is 12.0. The minimum Gasteiger partial charge on any atom is -0.381 e. The maximum absolute atomic E-state index is 12.0. The van der Waals surface area contributed by atoms with Crippen molar-refractivity contribution < 1.29 is 14.5 Å². The molecule has 26 heavy (non-hydrogen) atoms. The molecule has 2 amide bonds. The lowest BCUT2D eigenvalue weighted by Crippen LogP contribution is -2.23. The molecule has 0 aromatic heterocycles. The van der Waals surface area contributed by atoms with Crippen LogP contribution < -0.4 is 16.4 Å². The zero-order valence-corrected chi connectivity index (χ0v) is 14.3. The summed E-state index contributed by atoms with van der Waals surface area (Å²) < 4.78 is 0. The van der Waals surface area contributed by atoms with Crippen molar-refractivity contribution in [3.8, 4) is 0 Å². The lowest BCUT2D eigenvalue weighted by atomic mass is 10.1. The van der Waals surface area contributed by atoms with Crippen LogP contribution in [0.4, 0.5) is 11.4 Å². The van der Waals surface area contributed by atoms with Gasteiger partial charge in [-0.05, 0) is 36.8 Å². The molecular weight excluding hydrogens is 336 g/mol. The van der Waals surface area contributed by atoms with Gasteiger partial charge in [0, 0.05) is 41.5 Å². The predicted octanol–water partition coefficient (Wildman–Crippen LogP) is 2.45. The number of rotatable bonds is 8. The van der Waals surface area contributed by atoms with E-state index in [2.05, 4.69) is 10.6 Å². The highest BCUT2D eigenvalue weighted by Gasteiger charge is 2.16. The predicted molar refractivity (Wildman–Crippen MR) is 98.0 cm³/mol. The molecule has 0 heterocycles. The summed E-state index contributed by atoms with van der Waals surface area (Å²) in [6, 6.07) is 11.0. The fraction of sp³-hybridized carbons (Fsp3) is 0.222. The van der Waals surface area contributed by atoms with Gasteiger partial charge in [-0.25, -0.2) is 0 Å². The van der Waals surface area contributed by atoms with Gasteiger partial charge < -0.3 is 16.4 Å². The number of hydrogen-bond donors (Lipinski definition) is 3. The zero-order chi connectivity index (χ0) is 19.1. The summed E-state index contributed by atoms with van der Waals surface area (Å²) in [6.07, 6.45) is 0.842. The lowest BCUT2D eigenvalue weighted by Gasteiger charge is -2.10. The molecule has 0 unspecified atom stereocenters. The Hall–Kier alpha value is -3.42. The number of nitro groups is 1. The first kappa shape index (κ1) is 18.9. The molecule has 0 saturated heterocycles. The van der Waals surface area contributed by atoms with Gasteiger partial charge in [0.15, 0.2) is 0 Å². The second-order valence-corrected chi connectivity index (χ2v) is 5.66. The molecule has 4 N–H and O–H groups in total. The molecule has 0 fully saturated rings. The number of nitrogens with two attached hydrogens (primary N) is 1. The SMILES string of the molecule is CCCNC(=O)c1cccc(NCc2ccc(C(N)=O)cc2[N+](=O)[O-])c1. The van der Waals surface area contributed by atoms with Gasteiger partial charge in [0.2, 0.25) is 5.91 Å². The fourth-order valence-corrected chi connectivity index (χ4v) is 2.34. The highest BCUT2D eigenvalue weighted by molar-refractivity contribution is 5.95. The molecule has 2 aromatic carbocycles. The van der Waals surface area contributed by atoms with Gasteiger partial charge in [-0.15, -0.1) is 0 Å². The van der Waals surface area contributed by atoms with Gasteiger partial charge in [0.1, 0.15) is 0 Å². The summed E-state index contributed by atoms with van der Waals surface area (Å²) in [5, 5.41) is 17.1. The van der Waals surface area contributed by atoms with E-state index in [1.165, 1.54) is 12.1 Å². The van der Waals surface area contributed by atoms with Crippen molar-refractivity contribution in [3.05, 3.63) is 69.3 Å². The van der Waals surface area contributed by atoms with Crippen LogP contribution in [0.2, 0.25) is 0 Å². The van der Waals surface area contributed by atoms with Crippen LogP contribution in [0.15, 0.2) is 42.5 Å². The Bertz CT molecular complexity index is 836. The van der Waals surface area contributed by atoms with E-state index in [1.54, 1.807) is 24.3 Å². The summed E-state index contributed by atoms with van der Waals surface area (Å²) in [7, 11) is 0. The largest absolute Gasteiger partial charge is 0.381 e. The first-order chi connectivity index (χ1) is 12.4. The third kappa shape index (κ3) is 4.79. The van der Waals surface area contributed by atoms with Crippen molar-refractivity contribution in [2.24, 2.45) is 5.73 Å². The van der Waals surface area contributed by atoms with E-state index >= 15 is 0 Å². The Kier molecular flexibility index (Phi) is 6.26. The number of primary amides is 1. The van der Waals surface area contributed by atoms with E-state index in [4.69, 9.17) is 5.73 Å². The average molecular weight is 356 g/mol. The molecule has 0 aliphatic rings. The zero-order valence-electron chi connectivity index (χ0n) is 14.3. The standard InChI is InChI=1S/C18H20N4O4/c1-2-8-20-18(24)13-4-3-5-15(9-13)21-11-14-7-6-12(17(19)23)10-16(14)22(25)26/h3-7,9-10,21H,2,8,11H2,1H3,(H2,19,23)(H,20,24). The smallest absolute Gasteiger partial charge is 0.275 e. The average Bonchev–Trinajstić information content (AvgIpc) is 2.64. The van der Waals surface area contributed by atoms with Gasteiger partial charge in [0.25, 0.3) is 11.6 Å². The van der Waals surface area contributed by atoms with E-state index in [-0.39, 0.29) is 23.7 Å². The number of nitro benzene ring substituents is 1. The Balaban J connectivity index is 2.15.